The highest BCUT2D eigenvalue weighted by Crippen LogP contribution is 2.29. The Morgan fingerprint density at radius 3 is 2.43 bits per heavy atom. The van der Waals surface area contributed by atoms with Gasteiger partial charge in [-0.1, -0.05) is 12.1 Å². The molecular weight excluding hydrogens is 317 g/mol. The quantitative estimate of drug-likeness (QED) is 0.903. The van der Waals surface area contributed by atoms with Crippen molar-refractivity contribution in [1.29, 1.82) is 0 Å². The van der Waals surface area contributed by atoms with Crippen LogP contribution in [0, 0.1) is 12.7 Å². The lowest BCUT2D eigenvalue weighted by atomic mass is 10.1. The molecule has 6 heteroatoms. The summed E-state index contributed by atoms with van der Waals surface area (Å²) in [4.78, 5) is 0.150. The van der Waals surface area contributed by atoms with Gasteiger partial charge in [0.05, 0.1) is 7.11 Å². The molecule has 0 spiro atoms. The highest BCUT2D eigenvalue weighted by atomic mass is 32.2. The molecule has 0 fully saturated rings. The Hall–Kier alpha value is -2.08. The van der Waals surface area contributed by atoms with E-state index in [4.69, 9.17) is 4.74 Å². The predicted molar refractivity (Wildman–Crippen MR) is 89.3 cm³/mol. The van der Waals surface area contributed by atoms with Crippen LogP contribution in [-0.4, -0.2) is 21.8 Å². The molecule has 0 radical (unpaired) electrons. The van der Waals surface area contributed by atoms with Crippen molar-refractivity contribution in [3.8, 4) is 5.75 Å². The topological polar surface area (TPSA) is 55.4 Å². The van der Waals surface area contributed by atoms with Gasteiger partial charge in [-0.3, -0.25) is 0 Å². The number of hydrogen-bond donors (Lipinski definition) is 1. The van der Waals surface area contributed by atoms with E-state index in [1.54, 1.807) is 31.2 Å². The fourth-order valence-corrected chi connectivity index (χ4v) is 3.10. The van der Waals surface area contributed by atoms with Crippen molar-refractivity contribution < 1.29 is 17.5 Å². The van der Waals surface area contributed by atoms with E-state index in [9.17, 15) is 12.8 Å². The van der Waals surface area contributed by atoms with Gasteiger partial charge in [-0.05, 0) is 49.2 Å². The van der Waals surface area contributed by atoms with Gasteiger partial charge in [0.2, 0.25) is 0 Å². The predicted octanol–water partition coefficient (Wildman–Crippen LogP) is 3.72. The van der Waals surface area contributed by atoms with Crippen LogP contribution in [0.1, 0.15) is 24.1 Å². The summed E-state index contributed by atoms with van der Waals surface area (Å²) in [5, 5.41) is 3.19. The van der Waals surface area contributed by atoms with Crippen LogP contribution in [0.25, 0.3) is 0 Å². The third-order valence-electron chi connectivity index (χ3n) is 3.64. The summed E-state index contributed by atoms with van der Waals surface area (Å²) in [5.74, 6) is 0.0286. The molecule has 1 N–H and O–H groups in total. The summed E-state index contributed by atoms with van der Waals surface area (Å²) >= 11 is 0. The zero-order chi connectivity index (χ0) is 17.2. The molecule has 0 aliphatic rings. The molecule has 0 saturated heterocycles. The summed E-state index contributed by atoms with van der Waals surface area (Å²) in [7, 11) is -1.92. The zero-order valence-electron chi connectivity index (χ0n) is 13.6. The second-order valence-electron chi connectivity index (χ2n) is 5.51. The number of benzene rings is 2. The highest BCUT2D eigenvalue weighted by Gasteiger charge is 2.16. The first-order chi connectivity index (χ1) is 10.7. The van der Waals surface area contributed by atoms with E-state index in [0.717, 1.165) is 11.8 Å². The fraction of sp³-hybridized carbons (Fsp3) is 0.294. The van der Waals surface area contributed by atoms with Crippen molar-refractivity contribution in [2.75, 3.05) is 18.7 Å². The molecule has 2 aromatic rings. The van der Waals surface area contributed by atoms with Crippen molar-refractivity contribution >= 4 is 15.5 Å². The summed E-state index contributed by atoms with van der Waals surface area (Å²) in [6.07, 6.45) is 1.14. The molecule has 0 aromatic heterocycles. The number of hydrogen-bond acceptors (Lipinski definition) is 4. The van der Waals surface area contributed by atoms with Crippen LogP contribution in [0.2, 0.25) is 0 Å². The van der Waals surface area contributed by atoms with Crippen molar-refractivity contribution in [2.24, 2.45) is 0 Å². The van der Waals surface area contributed by atoms with E-state index in [0.29, 0.717) is 17.0 Å². The van der Waals surface area contributed by atoms with Gasteiger partial charge in [-0.25, -0.2) is 12.8 Å². The molecule has 0 amide bonds. The number of rotatable bonds is 5. The Labute approximate surface area is 136 Å². The molecular formula is C17H20FNO3S. The van der Waals surface area contributed by atoms with E-state index < -0.39 is 9.84 Å². The molecule has 4 nitrogen and oxygen atoms in total. The molecule has 2 aromatic carbocycles. The average molecular weight is 337 g/mol. The number of sulfone groups is 1. The maximum Gasteiger partial charge on any atom is 0.179 e. The van der Waals surface area contributed by atoms with Crippen LogP contribution in [0.4, 0.5) is 10.1 Å². The van der Waals surface area contributed by atoms with Gasteiger partial charge in [0.15, 0.2) is 9.84 Å². The van der Waals surface area contributed by atoms with Gasteiger partial charge in [-0.15, -0.1) is 0 Å². The molecule has 0 saturated carbocycles. The summed E-state index contributed by atoms with van der Waals surface area (Å²) in [5.41, 5.74) is 2.09. The van der Waals surface area contributed by atoms with Gasteiger partial charge in [0.25, 0.3) is 0 Å². The van der Waals surface area contributed by atoms with Crippen LogP contribution in [-0.2, 0) is 9.84 Å². The zero-order valence-corrected chi connectivity index (χ0v) is 14.4. The Kier molecular flexibility index (Phi) is 4.94. The van der Waals surface area contributed by atoms with Gasteiger partial charge < -0.3 is 10.1 Å². The Morgan fingerprint density at radius 1 is 1.17 bits per heavy atom. The first-order valence-corrected chi connectivity index (χ1v) is 9.02. The van der Waals surface area contributed by atoms with Crippen LogP contribution < -0.4 is 10.1 Å². The fourth-order valence-electron chi connectivity index (χ4n) is 2.28. The standard InChI is InChI=1S/C17H20FNO3S/c1-11-5-7-14(10-15(11)18)19-12(2)13-6-8-17(23(4,20)21)16(9-13)22-3/h5-10,12,19H,1-4H3. The van der Waals surface area contributed by atoms with Crippen molar-refractivity contribution in [1.82, 2.24) is 0 Å². The lowest BCUT2D eigenvalue weighted by Crippen LogP contribution is -2.08. The normalized spacial score (nSPS) is 12.7. The van der Waals surface area contributed by atoms with Gasteiger partial charge in [0.1, 0.15) is 16.5 Å². The number of methoxy groups -OCH3 is 1. The third kappa shape index (κ3) is 4.01. The first-order valence-electron chi connectivity index (χ1n) is 7.13. The van der Waals surface area contributed by atoms with Gasteiger partial charge in [-0.2, -0.15) is 0 Å². The van der Waals surface area contributed by atoms with E-state index in [1.807, 2.05) is 6.92 Å². The number of ether oxygens (including phenoxy) is 1. The third-order valence-corrected chi connectivity index (χ3v) is 4.78. The lowest BCUT2D eigenvalue weighted by Gasteiger charge is -2.18. The van der Waals surface area contributed by atoms with Crippen LogP contribution >= 0.6 is 0 Å². The van der Waals surface area contributed by atoms with Crippen molar-refractivity contribution in [3.63, 3.8) is 0 Å². The van der Waals surface area contributed by atoms with E-state index in [2.05, 4.69) is 5.32 Å². The maximum atomic E-state index is 13.6. The molecule has 0 aliphatic heterocycles. The summed E-state index contributed by atoms with van der Waals surface area (Å²) in [6.45, 7) is 3.62. The highest BCUT2D eigenvalue weighted by molar-refractivity contribution is 7.90. The maximum absolute atomic E-state index is 13.6. The molecule has 0 heterocycles. The lowest BCUT2D eigenvalue weighted by molar-refractivity contribution is 0.402. The second kappa shape index (κ2) is 6.58. The Bertz CT molecular complexity index is 819. The molecule has 23 heavy (non-hydrogen) atoms. The smallest absolute Gasteiger partial charge is 0.179 e. The largest absolute Gasteiger partial charge is 0.495 e. The molecule has 2 rings (SSSR count). The molecule has 1 atom stereocenters. The molecule has 0 aliphatic carbocycles. The first kappa shape index (κ1) is 17.3. The van der Waals surface area contributed by atoms with Crippen molar-refractivity contribution in [2.45, 2.75) is 24.8 Å². The van der Waals surface area contributed by atoms with Crippen LogP contribution in [0.3, 0.4) is 0 Å². The minimum absolute atomic E-state index is 0.139. The molecule has 0 bridgehead atoms. The number of halogens is 1. The van der Waals surface area contributed by atoms with Gasteiger partial charge >= 0.3 is 0 Å². The monoisotopic (exact) mass is 337 g/mol. The number of anilines is 1. The molecule has 124 valence electrons. The van der Waals surface area contributed by atoms with Crippen molar-refractivity contribution in [3.05, 3.63) is 53.3 Å². The molecule has 1 unspecified atom stereocenters. The van der Waals surface area contributed by atoms with Crippen LogP contribution in [0.15, 0.2) is 41.3 Å². The van der Waals surface area contributed by atoms with E-state index in [-0.39, 0.29) is 16.8 Å². The second-order valence-corrected chi connectivity index (χ2v) is 7.50. The van der Waals surface area contributed by atoms with E-state index >= 15 is 0 Å². The SMILES string of the molecule is COc1cc(C(C)Nc2ccc(C)c(F)c2)ccc1S(C)(=O)=O. The summed E-state index contributed by atoms with van der Waals surface area (Å²) in [6, 6.07) is 9.74. The minimum Gasteiger partial charge on any atom is -0.495 e. The average Bonchev–Trinajstić information content (AvgIpc) is 2.49. The summed E-state index contributed by atoms with van der Waals surface area (Å²) < 4.78 is 42.2. The van der Waals surface area contributed by atoms with E-state index in [1.165, 1.54) is 19.2 Å². The minimum atomic E-state index is -3.35. The number of nitrogens with one attached hydrogen (secondary N) is 1. The Morgan fingerprint density at radius 2 is 1.87 bits per heavy atom. The Balaban J connectivity index is 2.29. The number of aryl methyl sites for hydroxylation is 1. The van der Waals surface area contributed by atoms with Gasteiger partial charge in [0, 0.05) is 18.0 Å². The van der Waals surface area contributed by atoms with Crippen LogP contribution in [0.5, 0.6) is 5.75 Å².